The fourth-order valence-electron chi connectivity index (χ4n) is 3.30. The van der Waals surface area contributed by atoms with Crippen LogP contribution >= 0.6 is 12.2 Å². The van der Waals surface area contributed by atoms with Crippen molar-refractivity contribution in [2.75, 3.05) is 12.0 Å². The van der Waals surface area contributed by atoms with Crippen molar-refractivity contribution in [3.8, 4) is 11.5 Å². The lowest BCUT2D eigenvalue weighted by molar-refractivity contribution is -0.122. The molecule has 0 spiro atoms. The standard InChI is InChI=1S/C23H24N2O4S/c1-13(2)29-20-16(7-6-8-19(20)28-5)12-18-21(26)24-23(30)25(22(18)27)17-10-14(3)9-15(4)11-17/h6-13H,1-5H3,(H,24,26,30)/b18-12+. The van der Waals surface area contributed by atoms with Gasteiger partial charge < -0.3 is 9.47 Å². The van der Waals surface area contributed by atoms with E-state index in [0.717, 1.165) is 11.1 Å². The van der Waals surface area contributed by atoms with Crippen molar-refractivity contribution in [3.63, 3.8) is 0 Å². The molecule has 30 heavy (non-hydrogen) atoms. The summed E-state index contributed by atoms with van der Waals surface area (Å²) in [5.74, 6) is -0.0615. The molecule has 3 rings (SSSR count). The van der Waals surface area contributed by atoms with Crippen molar-refractivity contribution in [2.24, 2.45) is 0 Å². The van der Waals surface area contributed by atoms with Gasteiger partial charge in [0.2, 0.25) is 0 Å². The zero-order valence-electron chi connectivity index (χ0n) is 17.6. The van der Waals surface area contributed by atoms with E-state index in [4.69, 9.17) is 21.7 Å². The molecule has 1 fully saturated rings. The van der Waals surface area contributed by atoms with E-state index in [2.05, 4.69) is 5.32 Å². The Labute approximate surface area is 181 Å². The summed E-state index contributed by atoms with van der Waals surface area (Å²) >= 11 is 5.29. The molecule has 1 N–H and O–H groups in total. The molecule has 2 aromatic rings. The number of nitrogens with zero attached hydrogens (tertiary/aromatic N) is 1. The smallest absolute Gasteiger partial charge is 0.270 e. The van der Waals surface area contributed by atoms with Crippen LogP contribution in [-0.4, -0.2) is 30.1 Å². The molecule has 156 valence electrons. The van der Waals surface area contributed by atoms with Crippen LogP contribution in [-0.2, 0) is 9.59 Å². The Balaban J connectivity index is 2.09. The molecule has 7 heteroatoms. The van der Waals surface area contributed by atoms with Crippen LogP contribution in [0.4, 0.5) is 5.69 Å². The number of thiocarbonyl (C=S) groups is 1. The summed E-state index contributed by atoms with van der Waals surface area (Å²) in [5, 5.41) is 2.67. The predicted octanol–water partition coefficient (Wildman–Crippen LogP) is 3.93. The Morgan fingerprint density at radius 2 is 1.77 bits per heavy atom. The van der Waals surface area contributed by atoms with E-state index in [0.29, 0.717) is 22.7 Å². The average Bonchev–Trinajstić information content (AvgIpc) is 2.64. The highest BCUT2D eigenvalue weighted by molar-refractivity contribution is 7.80. The number of amides is 2. The Morgan fingerprint density at radius 1 is 1.10 bits per heavy atom. The van der Waals surface area contributed by atoms with E-state index < -0.39 is 11.8 Å². The number of hydrogen-bond acceptors (Lipinski definition) is 5. The van der Waals surface area contributed by atoms with Crippen molar-refractivity contribution in [2.45, 2.75) is 33.8 Å². The molecule has 1 aliphatic heterocycles. The molecule has 1 saturated heterocycles. The van der Waals surface area contributed by atoms with Crippen molar-refractivity contribution >= 4 is 40.9 Å². The van der Waals surface area contributed by atoms with E-state index in [1.165, 1.54) is 18.1 Å². The average molecular weight is 425 g/mol. The predicted molar refractivity (Wildman–Crippen MR) is 121 cm³/mol. The molecular weight excluding hydrogens is 400 g/mol. The molecule has 2 amide bonds. The van der Waals surface area contributed by atoms with Crippen LogP contribution < -0.4 is 19.7 Å². The topological polar surface area (TPSA) is 67.9 Å². The van der Waals surface area contributed by atoms with Crippen LogP contribution in [0.15, 0.2) is 42.0 Å². The summed E-state index contributed by atoms with van der Waals surface area (Å²) in [6, 6.07) is 11.0. The summed E-state index contributed by atoms with van der Waals surface area (Å²) in [4.78, 5) is 27.3. The first-order valence-electron chi connectivity index (χ1n) is 9.54. The number of carbonyl (C=O) groups is 2. The fourth-order valence-corrected chi connectivity index (χ4v) is 3.58. The van der Waals surface area contributed by atoms with Crippen LogP contribution in [0, 0.1) is 13.8 Å². The van der Waals surface area contributed by atoms with E-state index in [9.17, 15) is 9.59 Å². The molecule has 0 radical (unpaired) electrons. The van der Waals surface area contributed by atoms with E-state index in [1.54, 1.807) is 18.2 Å². The lowest BCUT2D eigenvalue weighted by Gasteiger charge is -2.29. The number of anilines is 1. The highest BCUT2D eigenvalue weighted by Crippen LogP contribution is 2.34. The maximum Gasteiger partial charge on any atom is 0.270 e. The molecule has 0 aliphatic carbocycles. The highest BCUT2D eigenvalue weighted by atomic mass is 32.1. The maximum absolute atomic E-state index is 13.3. The number of methoxy groups -OCH3 is 1. The lowest BCUT2D eigenvalue weighted by atomic mass is 10.0. The van der Waals surface area contributed by atoms with Crippen molar-refractivity contribution in [1.82, 2.24) is 5.32 Å². The highest BCUT2D eigenvalue weighted by Gasteiger charge is 2.35. The second-order valence-corrected chi connectivity index (χ2v) is 7.74. The Hall–Kier alpha value is -3.19. The van der Waals surface area contributed by atoms with Gasteiger partial charge in [-0.2, -0.15) is 0 Å². The number of benzene rings is 2. The largest absolute Gasteiger partial charge is 0.493 e. The first kappa shape index (κ1) is 21.5. The van der Waals surface area contributed by atoms with Crippen LogP contribution in [0.5, 0.6) is 11.5 Å². The molecular formula is C23H24N2O4S. The number of hydrogen-bond donors (Lipinski definition) is 1. The third-order valence-corrected chi connectivity index (χ3v) is 4.73. The van der Waals surface area contributed by atoms with Gasteiger partial charge in [0, 0.05) is 5.56 Å². The van der Waals surface area contributed by atoms with E-state index in [1.807, 2.05) is 45.9 Å². The normalized spacial score (nSPS) is 15.6. The van der Waals surface area contributed by atoms with Gasteiger partial charge in [-0.25, -0.2) is 0 Å². The zero-order valence-corrected chi connectivity index (χ0v) is 18.4. The third kappa shape index (κ3) is 4.36. The number of aryl methyl sites for hydroxylation is 2. The summed E-state index contributed by atoms with van der Waals surface area (Å²) in [7, 11) is 1.54. The number of carbonyl (C=O) groups excluding carboxylic acids is 2. The van der Waals surface area contributed by atoms with Crippen molar-refractivity contribution in [1.29, 1.82) is 0 Å². The summed E-state index contributed by atoms with van der Waals surface area (Å²) in [6.45, 7) is 7.66. The van der Waals surface area contributed by atoms with Gasteiger partial charge in [0.05, 0.1) is 18.9 Å². The van der Waals surface area contributed by atoms with E-state index in [-0.39, 0.29) is 16.8 Å². The third-order valence-electron chi connectivity index (χ3n) is 4.45. The summed E-state index contributed by atoms with van der Waals surface area (Å²) in [6.07, 6.45) is 1.39. The molecule has 1 heterocycles. The van der Waals surface area contributed by atoms with Crippen LogP contribution in [0.25, 0.3) is 6.08 Å². The molecule has 2 aromatic carbocycles. The summed E-state index contributed by atoms with van der Waals surface area (Å²) in [5.41, 5.74) is 3.11. The minimum Gasteiger partial charge on any atom is -0.493 e. The summed E-state index contributed by atoms with van der Waals surface area (Å²) < 4.78 is 11.3. The Kier molecular flexibility index (Phi) is 6.22. The molecule has 0 unspecified atom stereocenters. The van der Waals surface area contributed by atoms with Gasteiger partial charge >= 0.3 is 0 Å². The van der Waals surface area contributed by atoms with Crippen molar-refractivity contribution in [3.05, 3.63) is 58.7 Å². The molecule has 0 saturated carbocycles. The Bertz CT molecular complexity index is 1040. The molecule has 0 aromatic heterocycles. The SMILES string of the molecule is COc1cccc(/C=C2\C(=O)NC(=S)N(c3cc(C)cc(C)c3)C2=O)c1OC(C)C. The Morgan fingerprint density at radius 3 is 2.37 bits per heavy atom. The fraction of sp³-hybridized carbons (Fsp3) is 0.261. The second kappa shape index (κ2) is 8.67. The van der Waals surface area contributed by atoms with Gasteiger partial charge in [0.1, 0.15) is 5.57 Å². The number of para-hydroxylation sites is 1. The molecule has 6 nitrogen and oxygen atoms in total. The van der Waals surface area contributed by atoms with Gasteiger partial charge in [-0.1, -0.05) is 18.2 Å². The number of nitrogens with one attached hydrogen (secondary N) is 1. The van der Waals surface area contributed by atoms with Crippen molar-refractivity contribution < 1.29 is 19.1 Å². The van der Waals surface area contributed by atoms with Gasteiger partial charge in [-0.15, -0.1) is 0 Å². The second-order valence-electron chi connectivity index (χ2n) is 7.35. The van der Waals surface area contributed by atoms with E-state index >= 15 is 0 Å². The first-order chi connectivity index (χ1) is 14.2. The maximum atomic E-state index is 13.3. The monoisotopic (exact) mass is 424 g/mol. The van der Waals surface area contributed by atoms with Gasteiger partial charge in [0.25, 0.3) is 11.8 Å². The van der Waals surface area contributed by atoms with Crippen LogP contribution in [0.3, 0.4) is 0 Å². The van der Waals surface area contributed by atoms with Gasteiger partial charge in [-0.3, -0.25) is 19.8 Å². The van der Waals surface area contributed by atoms with Crippen LogP contribution in [0.1, 0.15) is 30.5 Å². The number of rotatable bonds is 5. The van der Waals surface area contributed by atoms with Gasteiger partial charge in [-0.05, 0) is 75.3 Å². The number of ether oxygens (including phenoxy) is 2. The minimum atomic E-state index is -0.552. The first-order valence-corrected chi connectivity index (χ1v) is 9.95. The molecule has 1 aliphatic rings. The lowest BCUT2D eigenvalue weighted by Crippen LogP contribution is -2.54. The van der Waals surface area contributed by atoms with Crippen LogP contribution in [0.2, 0.25) is 0 Å². The molecule has 0 atom stereocenters. The minimum absolute atomic E-state index is 0.0374. The molecule has 0 bridgehead atoms. The van der Waals surface area contributed by atoms with Gasteiger partial charge in [0.15, 0.2) is 16.6 Å². The quantitative estimate of drug-likeness (QED) is 0.448. The zero-order chi connectivity index (χ0) is 22.0.